The molecule has 1 aliphatic rings. The monoisotopic (exact) mass is 292 g/mol. The number of fused-ring (bicyclic) bond motifs is 1. The predicted octanol–water partition coefficient (Wildman–Crippen LogP) is 2.83. The summed E-state index contributed by atoms with van der Waals surface area (Å²) in [6.45, 7) is 2.77. The molecule has 1 aromatic heterocycles. The second-order valence-corrected chi connectivity index (χ2v) is 4.84. The van der Waals surface area contributed by atoms with Crippen LogP contribution in [0.25, 0.3) is 10.2 Å². The molecule has 0 aliphatic carbocycles. The van der Waals surface area contributed by atoms with E-state index in [9.17, 15) is 8.78 Å². The zero-order valence-electron chi connectivity index (χ0n) is 9.36. The van der Waals surface area contributed by atoms with Crippen LogP contribution in [-0.4, -0.2) is 31.3 Å². The van der Waals surface area contributed by atoms with Gasteiger partial charge in [0.15, 0.2) is 10.9 Å². The van der Waals surface area contributed by atoms with E-state index in [-0.39, 0.29) is 17.9 Å². The van der Waals surface area contributed by atoms with E-state index in [1.54, 1.807) is 0 Å². The molecule has 98 valence electrons. The topological polar surface area (TPSA) is 25.4 Å². The van der Waals surface area contributed by atoms with Crippen molar-refractivity contribution in [3.63, 3.8) is 0 Å². The Bertz CT molecular complexity index is 557. The summed E-state index contributed by atoms with van der Waals surface area (Å²) in [5, 5.41) is 0.729. The molecule has 0 N–H and O–H groups in total. The molecule has 0 spiro atoms. The molecule has 0 amide bonds. The molecule has 1 aromatic carbocycles. The Kier molecular flexibility index (Phi) is 3.99. The highest BCUT2D eigenvalue weighted by molar-refractivity contribution is 7.22. The molecule has 1 fully saturated rings. The van der Waals surface area contributed by atoms with Crippen LogP contribution in [0.5, 0.6) is 0 Å². The standard InChI is InChI=1S/C11H10F2N2OS.ClH/c12-7-5-8(13)10-9(6-7)17-11(14-10)15-1-3-16-4-2-15;/h5-6H,1-4H2;1H. The lowest BCUT2D eigenvalue weighted by Crippen LogP contribution is -2.36. The lowest BCUT2D eigenvalue weighted by molar-refractivity contribution is 0.122. The van der Waals surface area contributed by atoms with Gasteiger partial charge in [-0.3, -0.25) is 0 Å². The van der Waals surface area contributed by atoms with Gasteiger partial charge in [-0.2, -0.15) is 0 Å². The Labute approximate surface area is 113 Å². The summed E-state index contributed by atoms with van der Waals surface area (Å²) in [6, 6.07) is 2.19. The largest absolute Gasteiger partial charge is 0.378 e. The number of hydrogen-bond donors (Lipinski definition) is 0. The average molecular weight is 293 g/mol. The van der Waals surface area contributed by atoms with Gasteiger partial charge in [-0.15, -0.1) is 12.4 Å². The van der Waals surface area contributed by atoms with Crippen LogP contribution in [0.2, 0.25) is 0 Å². The number of anilines is 1. The third-order valence-corrected chi connectivity index (χ3v) is 3.75. The fourth-order valence-electron chi connectivity index (χ4n) is 1.84. The Morgan fingerprint density at radius 1 is 1.22 bits per heavy atom. The molecule has 0 atom stereocenters. The van der Waals surface area contributed by atoms with E-state index in [4.69, 9.17) is 4.74 Å². The summed E-state index contributed by atoms with van der Waals surface area (Å²) in [6.07, 6.45) is 0. The van der Waals surface area contributed by atoms with Crippen LogP contribution in [0.15, 0.2) is 12.1 Å². The number of ether oxygens (including phenoxy) is 1. The van der Waals surface area contributed by atoms with Crippen LogP contribution in [-0.2, 0) is 4.74 Å². The lowest BCUT2D eigenvalue weighted by Gasteiger charge is -2.25. The number of nitrogens with zero attached hydrogens (tertiary/aromatic N) is 2. The maximum Gasteiger partial charge on any atom is 0.186 e. The molecule has 3 nitrogen and oxygen atoms in total. The first-order valence-corrected chi connectivity index (χ1v) is 6.14. The van der Waals surface area contributed by atoms with Gasteiger partial charge in [-0.25, -0.2) is 13.8 Å². The Morgan fingerprint density at radius 3 is 2.67 bits per heavy atom. The minimum atomic E-state index is -0.601. The molecule has 0 unspecified atom stereocenters. The van der Waals surface area contributed by atoms with Crippen molar-refractivity contribution in [3.05, 3.63) is 23.8 Å². The number of rotatable bonds is 1. The second-order valence-electron chi connectivity index (χ2n) is 3.83. The number of halogens is 3. The summed E-state index contributed by atoms with van der Waals surface area (Å²) in [7, 11) is 0. The Hall–Kier alpha value is -0.980. The van der Waals surface area contributed by atoms with Gasteiger partial charge in [-0.05, 0) is 6.07 Å². The quantitative estimate of drug-likeness (QED) is 0.808. The van der Waals surface area contributed by atoms with E-state index in [1.165, 1.54) is 17.4 Å². The van der Waals surface area contributed by atoms with E-state index in [0.29, 0.717) is 17.9 Å². The van der Waals surface area contributed by atoms with Crippen molar-refractivity contribution in [1.82, 2.24) is 4.98 Å². The van der Waals surface area contributed by atoms with Crippen molar-refractivity contribution in [1.29, 1.82) is 0 Å². The van der Waals surface area contributed by atoms with Crippen LogP contribution >= 0.6 is 23.7 Å². The van der Waals surface area contributed by atoms with Gasteiger partial charge < -0.3 is 9.64 Å². The van der Waals surface area contributed by atoms with Crippen molar-refractivity contribution < 1.29 is 13.5 Å². The number of benzene rings is 1. The number of thiazole rings is 1. The van der Waals surface area contributed by atoms with Gasteiger partial charge in [0.1, 0.15) is 11.3 Å². The number of aromatic nitrogens is 1. The van der Waals surface area contributed by atoms with Gasteiger partial charge in [0.2, 0.25) is 0 Å². The van der Waals surface area contributed by atoms with Gasteiger partial charge in [0, 0.05) is 19.2 Å². The summed E-state index contributed by atoms with van der Waals surface area (Å²) in [4.78, 5) is 6.26. The fourth-order valence-corrected chi connectivity index (χ4v) is 2.89. The van der Waals surface area contributed by atoms with Crippen molar-refractivity contribution in [2.45, 2.75) is 0 Å². The van der Waals surface area contributed by atoms with Crippen LogP contribution in [0, 0.1) is 11.6 Å². The second kappa shape index (κ2) is 5.34. The lowest BCUT2D eigenvalue weighted by atomic mass is 10.3. The summed E-state index contributed by atoms with van der Waals surface area (Å²) in [5.74, 6) is -1.16. The molecule has 2 aromatic rings. The zero-order chi connectivity index (χ0) is 11.8. The Morgan fingerprint density at radius 2 is 1.94 bits per heavy atom. The molecule has 7 heteroatoms. The van der Waals surface area contributed by atoms with E-state index in [1.807, 2.05) is 4.90 Å². The first kappa shape index (κ1) is 13.5. The minimum Gasteiger partial charge on any atom is -0.378 e. The molecule has 0 saturated carbocycles. The maximum absolute atomic E-state index is 13.5. The summed E-state index contributed by atoms with van der Waals surface area (Å²) in [5.41, 5.74) is 0.248. The highest BCUT2D eigenvalue weighted by Gasteiger charge is 2.17. The summed E-state index contributed by atoms with van der Waals surface area (Å²) < 4.78 is 32.3. The predicted molar refractivity (Wildman–Crippen MR) is 69.8 cm³/mol. The summed E-state index contributed by atoms with van der Waals surface area (Å²) >= 11 is 1.31. The fraction of sp³-hybridized carbons (Fsp3) is 0.364. The van der Waals surface area contributed by atoms with Crippen LogP contribution in [0.1, 0.15) is 0 Å². The molecule has 18 heavy (non-hydrogen) atoms. The van der Waals surface area contributed by atoms with Gasteiger partial charge in [0.25, 0.3) is 0 Å². The highest BCUT2D eigenvalue weighted by Crippen LogP contribution is 2.31. The van der Waals surface area contributed by atoms with Crippen LogP contribution < -0.4 is 4.90 Å². The molecule has 1 saturated heterocycles. The van der Waals surface area contributed by atoms with Crippen molar-refractivity contribution in [3.8, 4) is 0 Å². The minimum absolute atomic E-state index is 0. The third-order valence-electron chi connectivity index (χ3n) is 2.68. The van der Waals surface area contributed by atoms with Crippen LogP contribution in [0.3, 0.4) is 0 Å². The number of hydrogen-bond acceptors (Lipinski definition) is 4. The van der Waals surface area contributed by atoms with E-state index >= 15 is 0 Å². The van der Waals surface area contributed by atoms with Crippen molar-refractivity contribution in [2.24, 2.45) is 0 Å². The number of morpholine rings is 1. The molecule has 2 heterocycles. The molecular formula is C11H11ClF2N2OS. The smallest absolute Gasteiger partial charge is 0.186 e. The Balaban J connectivity index is 0.00000120. The van der Waals surface area contributed by atoms with Gasteiger partial charge in [-0.1, -0.05) is 11.3 Å². The zero-order valence-corrected chi connectivity index (χ0v) is 11.0. The highest BCUT2D eigenvalue weighted by atomic mass is 35.5. The maximum atomic E-state index is 13.5. The van der Waals surface area contributed by atoms with Gasteiger partial charge in [0.05, 0.1) is 17.9 Å². The first-order valence-electron chi connectivity index (χ1n) is 5.32. The average Bonchev–Trinajstić information content (AvgIpc) is 2.74. The van der Waals surface area contributed by atoms with Gasteiger partial charge >= 0.3 is 0 Å². The van der Waals surface area contributed by atoms with E-state index < -0.39 is 11.6 Å². The molecule has 0 radical (unpaired) electrons. The van der Waals surface area contributed by atoms with E-state index in [0.717, 1.165) is 24.3 Å². The normalized spacial score (nSPS) is 15.8. The van der Waals surface area contributed by atoms with Crippen molar-refractivity contribution >= 4 is 39.1 Å². The molecule has 3 rings (SSSR count). The van der Waals surface area contributed by atoms with Crippen LogP contribution in [0.4, 0.5) is 13.9 Å². The molecule has 0 bridgehead atoms. The van der Waals surface area contributed by atoms with Crippen molar-refractivity contribution in [2.75, 3.05) is 31.2 Å². The molecular weight excluding hydrogens is 282 g/mol. The third kappa shape index (κ3) is 2.41. The van der Waals surface area contributed by atoms with E-state index in [2.05, 4.69) is 4.98 Å². The first-order chi connectivity index (χ1) is 8.24. The molecule has 1 aliphatic heterocycles. The SMILES string of the molecule is Cl.Fc1cc(F)c2nc(N3CCOCC3)sc2c1.